The van der Waals surface area contributed by atoms with Crippen molar-refractivity contribution in [2.45, 2.75) is 19.9 Å². The number of rotatable bonds is 4. The van der Waals surface area contributed by atoms with Crippen LogP contribution in [0.2, 0.25) is 0 Å². The van der Waals surface area contributed by atoms with E-state index in [1.54, 1.807) is 10.9 Å². The first-order valence-electron chi connectivity index (χ1n) is 6.05. The summed E-state index contributed by atoms with van der Waals surface area (Å²) in [6, 6.07) is 7.76. The van der Waals surface area contributed by atoms with Gasteiger partial charge in [0.15, 0.2) is 0 Å². The summed E-state index contributed by atoms with van der Waals surface area (Å²) in [6.07, 6.45) is 2.18. The van der Waals surface area contributed by atoms with E-state index in [0.717, 1.165) is 21.3 Å². The molecule has 1 aromatic heterocycles. The van der Waals surface area contributed by atoms with Gasteiger partial charge in [0.25, 0.3) is 0 Å². The molecule has 0 saturated heterocycles. The SMILES string of the molecule is Cc1c(CNC(=O)Cc2ccc(Br)cc2)cnn1C. The van der Waals surface area contributed by atoms with Gasteiger partial charge in [0, 0.05) is 29.3 Å². The first kappa shape index (κ1) is 13.8. The lowest BCUT2D eigenvalue weighted by Crippen LogP contribution is -2.24. The summed E-state index contributed by atoms with van der Waals surface area (Å²) in [5.41, 5.74) is 3.12. The molecule has 0 fully saturated rings. The predicted molar refractivity (Wildman–Crippen MR) is 77.6 cm³/mol. The molecule has 0 bridgehead atoms. The summed E-state index contributed by atoms with van der Waals surface area (Å²) in [7, 11) is 1.89. The zero-order valence-corrected chi connectivity index (χ0v) is 12.6. The van der Waals surface area contributed by atoms with E-state index in [2.05, 4.69) is 26.3 Å². The second-order valence-corrected chi connectivity index (χ2v) is 5.37. The number of carbonyl (C=O) groups excluding carboxylic acids is 1. The number of carbonyl (C=O) groups is 1. The van der Waals surface area contributed by atoms with Crippen molar-refractivity contribution in [3.8, 4) is 0 Å². The zero-order chi connectivity index (χ0) is 13.8. The molecular formula is C14H16BrN3O. The molecule has 100 valence electrons. The Hall–Kier alpha value is -1.62. The number of aromatic nitrogens is 2. The van der Waals surface area contributed by atoms with E-state index in [-0.39, 0.29) is 5.91 Å². The zero-order valence-electron chi connectivity index (χ0n) is 11.0. The molecule has 0 unspecified atom stereocenters. The van der Waals surface area contributed by atoms with Crippen molar-refractivity contribution in [2.24, 2.45) is 7.05 Å². The van der Waals surface area contributed by atoms with Crippen LogP contribution < -0.4 is 5.32 Å². The fraction of sp³-hybridized carbons (Fsp3) is 0.286. The van der Waals surface area contributed by atoms with E-state index in [9.17, 15) is 4.79 Å². The number of nitrogens with one attached hydrogen (secondary N) is 1. The van der Waals surface area contributed by atoms with Crippen LogP contribution in [0.1, 0.15) is 16.8 Å². The highest BCUT2D eigenvalue weighted by Crippen LogP contribution is 2.11. The van der Waals surface area contributed by atoms with Gasteiger partial charge in [-0.25, -0.2) is 0 Å². The number of aryl methyl sites for hydroxylation is 1. The van der Waals surface area contributed by atoms with Crippen LogP contribution in [0.5, 0.6) is 0 Å². The van der Waals surface area contributed by atoms with Gasteiger partial charge in [-0.1, -0.05) is 28.1 Å². The molecule has 0 aliphatic carbocycles. The van der Waals surface area contributed by atoms with Crippen LogP contribution >= 0.6 is 15.9 Å². The van der Waals surface area contributed by atoms with E-state index < -0.39 is 0 Å². The molecule has 1 heterocycles. The van der Waals surface area contributed by atoms with Crippen LogP contribution in [0.25, 0.3) is 0 Å². The average Bonchev–Trinajstić information content (AvgIpc) is 2.70. The Morgan fingerprint density at radius 3 is 2.63 bits per heavy atom. The molecule has 2 rings (SSSR count). The van der Waals surface area contributed by atoms with E-state index >= 15 is 0 Å². The number of nitrogens with zero attached hydrogens (tertiary/aromatic N) is 2. The average molecular weight is 322 g/mol. The third-order valence-corrected chi connectivity index (χ3v) is 3.62. The second kappa shape index (κ2) is 6.02. The van der Waals surface area contributed by atoms with Gasteiger partial charge in [-0.05, 0) is 24.6 Å². The van der Waals surface area contributed by atoms with Crippen LogP contribution in [-0.4, -0.2) is 15.7 Å². The highest BCUT2D eigenvalue weighted by atomic mass is 79.9. The van der Waals surface area contributed by atoms with Gasteiger partial charge in [-0.2, -0.15) is 5.10 Å². The van der Waals surface area contributed by atoms with E-state index in [1.165, 1.54) is 0 Å². The lowest BCUT2D eigenvalue weighted by Gasteiger charge is -2.05. The molecule has 19 heavy (non-hydrogen) atoms. The Morgan fingerprint density at radius 1 is 1.37 bits per heavy atom. The van der Waals surface area contributed by atoms with Crippen LogP contribution in [0.15, 0.2) is 34.9 Å². The molecule has 1 aromatic carbocycles. The van der Waals surface area contributed by atoms with Gasteiger partial charge >= 0.3 is 0 Å². The minimum atomic E-state index is 0.0191. The van der Waals surface area contributed by atoms with E-state index in [4.69, 9.17) is 0 Å². The van der Waals surface area contributed by atoms with Gasteiger partial charge in [-0.15, -0.1) is 0 Å². The fourth-order valence-corrected chi connectivity index (χ4v) is 2.03. The van der Waals surface area contributed by atoms with Crippen molar-refractivity contribution < 1.29 is 4.79 Å². The number of benzene rings is 1. The summed E-state index contributed by atoms with van der Waals surface area (Å²) in [4.78, 5) is 11.8. The third-order valence-electron chi connectivity index (χ3n) is 3.09. The molecule has 0 atom stereocenters. The molecule has 0 aliphatic heterocycles. The Kier molecular flexibility index (Phi) is 4.37. The highest BCUT2D eigenvalue weighted by Gasteiger charge is 2.07. The molecule has 0 spiro atoms. The van der Waals surface area contributed by atoms with Crippen molar-refractivity contribution in [3.05, 3.63) is 51.8 Å². The Labute approximate surface area is 120 Å². The molecule has 0 radical (unpaired) electrons. The topological polar surface area (TPSA) is 46.9 Å². The van der Waals surface area contributed by atoms with Gasteiger partial charge in [-0.3, -0.25) is 9.48 Å². The first-order valence-corrected chi connectivity index (χ1v) is 6.84. The fourth-order valence-electron chi connectivity index (χ4n) is 1.76. The third kappa shape index (κ3) is 3.67. The van der Waals surface area contributed by atoms with Crippen molar-refractivity contribution in [1.82, 2.24) is 15.1 Å². The van der Waals surface area contributed by atoms with Crippen molar-refractivity contribution in [3.63, 3.8) is 0 Å². The van der Waals surface area contributed by atoms with Gasteiger partial charge in [0.05, 0.1) is 12.6 Å². The number of amides is 1. The molecular weight excluding hydrogens is 306 g/mol. The van der Waals surface area contributed by atoms with Gasteiger partial charge in [0.2, 0.25) is 5.91 Å². The van der Waals surface area contributed by atoms with Crippen molar-refractivity contribution >= 4 is 21.8 Å². The largest absolute Gasteiger partial charge is 0.352 e. The molecule has 4 nitrogen and oxygen atoms in total. The summed E-state index contributed by atoms with van der Waals surface area (Å²) >= 11 is 3.37. The quantitative estimate of drug-likeness (QED) is 0.939. The van der Waals surface area contributed by atoms with E-state index in [0.29, 0.717) is 13.0 Å². The molecule has 0 aliphatic rings. The lowest BCUT2D eigenvalue weighted by atomic mass is 10.1. The highest BCUT2D eigenvalue weighted by molar-refractivity contribution is 9.10. The Bertz CT molecular complexity index is 575. The summed E-state index contributed by atoms with van der Waals surface area (Å²) in [5.74, 6) is 0.0191. The monoisotopic (exact) mass is 321 g/mol. The van der Waals surface area contributed by atoms with Crippen LogP contribution in [-0.2, 0) is 24.8 Å². The first-order chi connectivity index (χ1) is 9.06. The Balaban J connectivity index is 1.88. The van der Waals surface area contributed by atoms with Gasteiger partial charge < -0.3 is 5.32 Å². The van der Waals surface area contributed by atoms with Crippen LogP contribution in [0, 0.1) is 6.92 Å². The smallest absolute Gasteiger partial charge is 0.224 e. The predicted octanol–water partition coefficient (Wildman–Crippen LogP) is 2.35. The number of halogens is 1. The van der Waals surface area contributed by atoms with Gasteiger partial charge in [0.1, 0.15) is 0 Å². The standard InChI is InChI=1S/C14H16BrN3O/c1-10-12(9-17-18(10)2)8-16-14(19)7-11-3-5-13(15)6-4-11/h3-6,9H,7-8H2,1-2H3,(H,16,19). The molecule has 5 heteroatoms. The molecule has 1 N–H and O–H groups in total. The maximum Gasteiger partial charge on any atom is 0.224 e. The lowest BCUT2D eigenvalue weighted by molar-refractivity contribution is -0.120. The molecule has 1 amide bonds. The molecule has 0 saturated carbocycles. The summed E-state index contributed by atoms with van der Waals surface area (Å²) in [5, 5.41) is 7.06. The maximum atomic E-state index is 11.8. The minimum absolute atomic E-state index is 0.0191. The molecule has 2 aromatic rings. The normalized spacial score (nSPS) is 10.5. The van der Waals surface area contributed by atoms with E-state index in [1.807, 2.05) is 38.2 Å². The second-order valence-electron chi connectivity index (χ2n) is 4.46. The maximum absolute atomic E-state index is 11.8. The number of hydrogen-bond donors (Lipinski definition) is 1. The van der Waals surface area contributed by atoms with Crippen molar-refractivity contribution in [2.75, 3.05) is 0 Å². The minimum Gasteiger partial charge on any atom is -0.352 e. The number of hydrogen-bond acceptors (Lipinski definition) is 2. The van der Waals surface area contributed by atoms with Crippen LogP contribution in [0.4, 0.5) is 0 Å². The van der Waals surface area contributed by atoms with Crippen LogP contribution in [0.3, 0.4) is 0 Å². The summed E-state index contributed by atoms with van der Waals surface area (Å²) < 4.78 is 2.82. The Morgan fingerprint density at radius 2 is 2.05 bits per heavy atom. The van der Waals surface area contributed by atoms with Crippen molar-refractivity contribution in [1.29, 1.82) is 0 Å². The summed E-state index contributed by atoms with van der Waals surface area (Å²) in [6.45, 7) is 2.51.